The highest BCUT2D eigenvalue weighted by Crippen LogP contribution is 2.36. The molecule has 1 aliphatic heterocycles. The van der Waals surface area contributed by atoms with Crippen molar-refractivity contribution in [1.29, 1.82) is 0 Å². The summed E-state index contributed by atoms with van der Waals surface area (Å²) >= 11 is 5.75. The summed E-state index contributed by atoms with van der Waals surface area (Å²) in [4.78, 5) is 7.52. The second kappa shape index (κ2) is 8.00. The molecule has 32 heavy (non-hydrogen) atoms. The largest absolute Gasteiger partial charge is 0.417 e. The van der Waals surface area contributed by atoms with Gasteiger partial charge in [-0.2, -0.15) is 13.2 Å². The molecule has 0 bridgehead atoms. The average Bonchev–Trinajstić information content (AvgIpc) is 2.66. The Balaban J connectivity index is 2.04. The first kappa shape index (κ1) is 23.9. The lowest BCUT2D eigenvalue weighted by atomic mass is 9.92. The maximum atomic E-state index is 14.7. The summed E-state index contributed by atoms with van der Waals surface area (Å²) in [6, 6.07) is 3.88. The Morgan fingerprint density at radius 3 is 2.53 bits per heavy atom. The number of aliphatic imine (C=N–C) groups is 1. The van der Waals surface area contributed by atoms with Crippen molar-refractivity contribution in [2.24, 2.45) is 10.7 Å². The van der Waals surface area contributed by atoms with Gasteiger partial charge in [0, 0.05) is 18.8 Å². The van der Waals surface area contributed by atoms with Gasteiger partial charge in [0.2, 0.25) is 16.0 Å². The van der Waals surface area contributed by atoms with E-state index in [4.69, 9.17) is 17.3 Å². The fourth-order valence-electron chi connectivity index (χ4n) is 3.12. The molecule has 0 fully saturated rings. The van der Waals surface area contributed by atoms with Crippen LogP contribution in [-0.4, -0.2) is 36.5 Å². The van der Waals surface area contributed by atoms with Crippen LogP contribution in [0.2, 0.25) is 5.02 Å². The molecule has 1 aromatic carbocycles. The zero-order valence-corrected chi connectivity index (χ0v) is 18.2. The zero-order valence-electron chi connectivity index (χ0n) is 16.6. The minimum atomic E-state index is -4.70. The Morgan fingerprint density at radius 1 is 1.31 bits per heavy atom. The normalized spacial score (nSPS) is 21.4. The smallest absolute Gasteiger partial charge is 0.369 e. The topological polar surface area (TPSA) is 88.7 Å². The second-order valence-electron chi connectivity index (χ2n) is 7.25. The van der Waals surface area contributed by atoms with Gasteiger partial charge in [-0.15, -0.1) is 0 Å². The molecule has 0 saturated carbocycles. The number of benzene rings is 1. The molecule has 0 amide bonds. The Hall–Kier alpha value is -2.73. The van der Waals surface area contributed by atoms with Gasteiger partial charge in [0.1, 0.15) is 17.1 Å². The predicted molar refractivity (Wildman–Crippen MR) is 110 cm³/mol. The molecule has 2 heterocycles. The Kier molecular flexibility index (Phi) is 5.98. The highest BCUT2D eigenvalue weighted by molar-refractivity contribution is 7.89. The quantitative estimate of drug-likeness (QED) is 0.649. The van der Waals surface area contributed by atoms with E-state index in [1.165, 1.54) is 26.1 Å². The van der Waals surface area contributed by atoms with Crippen molar-refractivity contribution in [3.63, 3.8) is 0 Å². The van der Waals surface area contributed by atoms with Crippen LogP contribution in [0.4, 0.5) is 22.0 Å². The number of rotatable bonds is 3. The molecule has 2 aromatic rings. The van der Waals surface area contributed by atoms with Crippen LogP contribution in [0.25, 0.3) is 11.9 Å². The van der Waals surface area contributed by atoms with Crippen LogP contribution in [-0.2, 0) is 21.7 Å². The third-order valence-corrected chi connectivity index (χ3v) is 7.06. The van der Waals surface area contributed by atoms with E-state index < -0.39 is 55.4 Å². The van der Waals surface area contributed by atoms with Crippen molar-refractivity contribution in [2.75, 3.05) is 12.8 Å². The van der Waals surface area contributed by atoms with Gasteiger partial charge in [0.25, 0.3) is 0 Å². The van der Waals surface area contributed by atoms with Crippen molar-refractivity contribution >= 4 is 39.5 Å². The van der Waals surface area contributed by atoms with Crippen LogP contribution in [0.1, 0.15) is 29.3 Å². The van der Waals surface area contributed by atoms with E-state index in [0.29, 0.717) is 12.3 Å². The fourth-order valence-corrected chi connectivity index (χ4v) is 4.82. The molecule has 172 valence electrons. The highest BCUT2D eigenvalue weighted by Gasteiger charge is 2.41. The summed E-state index contributed by atoms with van der Waals surface area (Å²) in [6.07, 6.45) is -3.38. The number of alkyl halides is 3. The summed E-state index contributed by atoms with van der Waals surface area (Å²) < 4.78 is 93.0. The molecule has 0 spiro atoms. The van der Waals surface area contributed by atoms with E-state index in [9.17, 15) is 30.4 Å². The standard InChI is InChI=1S/C19H16ClF5N4O2S/c1-18(9-32(30,31)29(2)17(26)28-18)12-5-10(3-4-14(12)21)6-15(22)16-13(20)7-11(8-27-16)19(23,24)25/h3-8H,9H2,1-2H3,(H2,26,28)/b15-6-/t18-/m0/s1. The molecule has 2 N–H and O–H groups in total. The van der Waals surface area contributed by atoms with Gasteiger partial charge in [-0.3, -0.25) is 4.98 Å². The van der Waals surface area contributed by atoms with Crippen molar-refractivity contribution in [3.05, 3.63) is 63.7 Å². The van der Waals surface area contributed by atoms with Gasteiger partial charge in [-0.05, 0) is 36.8 Å². The van der Waals surface area contributed by atoms with Gasteiger partial charge >= 0.3 is 6.18 Å². The number of hydrogen-bond acceptors (Lipinski definition) is 5. The van der Waals surface area contributed by atoms with Crippen LogP contribution in [0.3, 0.4) is 0 Å². The van der Waals surface area contributed by atoms with Crippen LogP contribution in [0.5, 0.6) is 0 Å². The van der Waals surface area contributed by atoms with E-state index >= 15 is 0 Å². The number of nitrogens with zero attached hydrogens (tertiary/aromatic N) is 3. The van der Waals surface area contributed by atoms with Crippen LogP contribution >= 0.6 is 11.6 Å². The van der Waals surface area contributed by atoms with E-state index in [2.05, 4.69) is 9.98 Å². The second-order valence-corrected chi connectivity index (χ2v) is 9.66. The summed E-state index contributed by atoms with van der Waals surface area (Å²) in [5.74, 6) is -2.81. The van der Waals surface area contributed by atoms with E-state index in [0.717, 1.165) is 16.4 Å². The minimum Gasteiger partial charge on any atom is -0.369 e. The van der Waals surface area contributed by atoms with E-state index in [1.54, 1.807) is 0 Å². The molecule has 3 rings (SSSR count). The molecule has 0 unspecified atom stereocenters. The molecule has 0 aliphatic carbocycles. The van der Waals surface area contributed by atoms with Crippen molar-refractivity contribution in [1.82, 2.24) is 9.29 Å². The van der Waals surface area contributed by atoms with Gasteiger partial charge in [-0.25, -0.2) is 26.5 Å². The third kappa shape index (κ3) is 4.56. The van der Waals surface area contributed by atoms with E-state index in [-0.39, 0.29) is 17.1 Å². The van der Waals surface area contributed by atoms with Gasteiger partial charge in [0.15, 0.2) is 5.83 Å². The number of aromatic nitrogens is 1. The van der Waals surface area contributed by atoms with Crippen LogP contribution in [0, 0.1) is 5.82 Å². The predicted octanol–water partition coefficient (Wildman–Crippen LogP) is 4.17. The first-order valence-electron chi connectivity index (χ1n) is 8.86. The molecule has 1 atom stereocenters. The number of guanidine groups is 1. The number of nitrogens with two attached hydrogens (primary N) is 1. The fraction of sp³-hybridized carbons (Fsp3) is 0.263. The molecular formula is C19H16ClF5N4O2S. The maximum Gasteiger partial charge on any atom is 0.417 e. The molecule has 13 heteroatoms. The Labute approximate surface area is 185 Å². The molecule has 0 radical (unpaired) electrons. The first-order valence-corrected chi connectivity index (χ1v) is 10.8. The number of hydrogen-bond donors (Lipinski definition) is 1. The zero-order chi connectivity index (χ0) is 24.1. The van der Waals surface area contributed by atoms with Crippen molar-refractivity contribution in [3.8, 4) is 0 Å². The van der Waals surface area contributed by atoms with Crippen LogP contribution < -0.4 is 5.73 Å². The lowest BCUT2D eigenvalue weighted by Gasteiger charge is -2.34. The summed E-state index contributed by atoms with van der Waals surface area (Å²) in [5.41, 5.74) is 2.30. The third-order valence-electron chi connectivity index (χ3n) is 4.82. The summed E-state index contributed by atoms with van der Waals surface area (Å²) in [6.45, 7) is 1.36. The van der Waals surface area contributed by atoms with Gasteiger partial charge in [0.05, 0.1) is 16.3 Å². The number of halogens is 6. The van der Waals surface area contributed by atoms with Gasteiger partial charge in [-0.1, -0.05) is 17.7 Å². The maximum absolute atomic E-state index is 14.7. The Bertz CT molecular complexity index is 1250. The number of sulfonamides is 1. The molecule has 1 aromatic heterocycles. The Morgan fingerprint density at radius 2 is 1.97 bits per heavy atom. The lowest BCUT2D eigenvalue weighted by molar-refractivity contribution is -0.137. The average molecular weight is 495 g/mol. The first-order chi connectivity index (χ1) is 14.6. The summed E-state index contributed by atoms with van der Waals surface area (Å²) in [5, 5.41) is -0.568. The molecule has 1 aliphatic rings. The summed E-state index contributed by atoms with van der Waals surface area (Å²) in [7, 11) is -2.67. The number of pyridine rings is 1. The molecule has 0 saturated heterocycles. The van der Waals surface area contributed by atoms with Crippen LogP contribution in [0.15, 0.2) is 35.5 Å². The van der Waals surface area contributed by atoms with E-state index in [1.807, 2.05) is 0 Å². The van der Waals surface area contributed by atoms with Crippen molar-refractivity contribution in [2.45, 2.75) is 18.6 Å². The lowest BCUT2D eigenvalue weighted by Crippen LogP contribution is -2.50. The minimum absolute atomic E-state index is 0.0722. The molecular weight excluding hydrogens is 479 g/mol. The van der Waals surface area contributed by atoms with Crippen molar-refractivity contribution < 1.29 is 30.4 Å². The molecule has 6 nitrogen and oxygen atoms in total. The van der Waals surface area contributed by atoms with Gasteiger partial charge < -0.3 is 5.73 Å². The highest BCUT2D eigenvalue weighted by atomic mass is 35.5. The monoisotopic (exact) mass is 494 g/mol. The SMILES string of the molecule is CN1C(N)=N[C@](C)(c2cc(/C=C(\F)c3ncc(C(F)(F)F)cc3Cl)ccc2F)CS1(=O)=O.